The topological polar surface area (TPSA) is 71.5 Å². The maximum atomic E-state index is 12.5. The minimum atomic E-state index is -0.582. The normalized spacial score (nSPS) is 19.0. The molecule has 1 aliphatic rings. The smallest absolute Gasteiger partial charge is 0.408 e. The summed E-state index contributed by atoms with van der Waals surface area (Å²) in [5, 5.41) is 2.66. The number of alkyl carbamates (subject to hydrolysis) is 1. The van der Waals surface area contributed by atoms with E-state index in [0.717, 1.165) is 15.8 Å². The summed E-state index contributed by atoms with van der Waals surface area (Å²) < 4.78 is 6.08. The van der Waals surface area contributed by atoms with Gasteiger partial charge < -0.3 is 15.0 Å². The number of nitrogens with one attached hydrogen (secondary N) is 1. The minimum Gasteiger partial charge on any atom is -0.444 e. The van der Waals surface area contributed by atoms with Crippen molar-refractivity contribution >= 4 is 40.3 Å². The van der Waals surface area contributed by atoms with E-state index in [1.54, 1.807) is 31.9 Å². The quantitative estimate of drug-likeness (QED) is 0.594. The summed E-state index contributed by atoms with van der Waals surface area (Å²) in [6.45, 7) is 6.00. The highest BCUT2D eigenvalue weighted by molar-refractivity contribution is 14.1. The molecular formula is C15H20IN3O3. The summed E-state index contributed by atoms with van der Waals surface area (Å²) >= 11 is 2.12. The Morgan fingerprint density at radius 3 is 2.77 bits per heavy atom. The molecule has 1 N–H and O–H groups in total. The first-order valence-electron chi connectivity index (χ1n) is 7.19. The van der Waals surface area contributed by atoms with E-state index in [0.29, 0.717) is 13.0 Å². The predicted molar refractivity (Wildman–Crippen MR) is 91.7 cm³/mol. The van der Waals surface area contributed by atoms with E-state index < -0.39 is 17.7 Å². The third kappa shape index (κ3) is 4.56. The van der Waals surface area contributed by atoms with Crippen LogP contribution in [0.15, 0.2) is 18.3 Å². The van der Waals surface area contributed by atoms with Crippen LogP contribution in [0.5, 0.6) is 0 Å². The number of amides is 2. The zero-order valence-electron chi connectivity index (χ0n) is 12.9. The fraction of sp³-hybridized carbons (Fsp3) is 0.533. The Balaban J connectivity index is 2.04. The Hall–Kier alpha value is -1.38. The number of carbonyl (C=O) groups excluding carboxylic acids is 2. The molecule has 0 aromatic carbocycles. The Morgan fingerprint density at radius 2 is 2.18 bits per heavy atom. The largest absolute Gasteiger partial charge is 0.444 e. The number of nitrogens with zero attached hydrogens (tertiary/aromatic N) is 2. The van der Waals surface area contributed by atoms with Crippen LogP contribution in [0.1, 0.15) is 33.6 Å². The van der Waals surface area contributed by atoms with Crippen molar-refractivity contribution in [3.8, 4) is 0 Å². The summed E-state index contributed by atoms with van der Waals surface area (Å²) in [5.74, 6) is -0.125. The number of hydrogen-bond acceptors (Lipinski definition) is 4. The number of halogens is 1. The second-order valence-corrected chi connectivity index (χ2v) is 7.28. The molecule has 1 unspecified atom stereocenters. The van der Waals surface area contributed by atoms with Gasteiger partial charge in [-0.05, 0) is 68.3 Å². The van der Waals surface area contributed by atoms with Crippen LogP contribution in [0.25, 0.3) is 0 Å². The van der Waals surface area contributed by atoms with Gasteiger partial charge in [0.1, 0.15) is 15.3 Å². The maximum absolute atomic E-state index is 12.5. The van der Waals surface area contributed by atoms with E-state index in [4.69, 9.17) is 4.74 Å². The van der Waals surface area contributed by atoms with Gasteiger partial charge in [0.2, 0.25) is 5.91 Å². The Morgan fingerprint density at radius 1 is 1.45 bits per heavy atom. The van der Waals surface area contributed by atoms with Gasteiger partial charge in [-0.2, -0.15) is 0 Å². The van der Waals surface area contributed by atoms with Crippen molar-refractivity contribution in [2.75, 3.05) is 11.4 Å². The monoisotopic (exact) mass is 417 g/mol. The first-order chi connectivity index (χ1) is 10.3. The van der Waals surface area contributed by atoms with Gasteiger partial charge in [-0.25, -0.2) is 9.78 Å². The third-order valence-electron chi connectivity index (χ3n) is 3.15. The summed E-state index contributed by atoms with van der Waals surface area (Å²) in [6, 6.07) is 3.17. The van der Waals surface area contributed by atoms with Crippen LogP contribution in [-0.2, 0) is 9.53 Å². The Labute approximate surface area is 143 Å². The standard InChI is InChI=1S/C15H20IN3O3/c1-15(2,3)22-14(21)18-11-5-4-8-19(13(11)20)10-6-7-12(16)17-9-10/h6-7,9,11H,4-5,8H2,1-3H3,(H,18,21). The van der Waals surface area contributed by atoms with Gasteiger partial charge in [-0.1, -0.05) is 0 Å². The first kappa shape index (κ1) is 17.0. The van der Waals surface area contributed by atoms with Crippen molar-refractivity contribution in [2.24, 2.45) is 0 Å². The highest BCUT2D eigenvalue weighted by Gasteiger charge is 2.32. The van der Waals surface area contributed by atoms with Crippen LogP contribution < -0.4 is 10.2 Å². The summed E-state index contributed by atoms with van der Waals surface area (Å²) in [7, 11) is 0. The lowest BCUT2D eigenvalue weighted by molar-refractivity contribution is -0.121. The molecule has 0 spiro atoms. The molecule has 0 bridgehead atoms. The molecule has 7 heteroatoms. The van der Waals surface area contributed by atoms with Gasteiger partial charge in [0.05, 0.1) is 11.9 Å². The number of carbonyl (C=O) groups is 2. The van der Waals surface area contributed by atoms with Gasteiger partial charge >= 0.3 is 6.09 Å². The lowest BCUT2D eigenvalue weighted by atomic mass is 10.0. The predicted octanol–water partition coefficient (Wildman–Crippen LogP) is 2.71. The Kier molecular flexibility index (Phi) is 5.25. The molecule has 1 aromatic heterocycles. The van der Waals surface area contributed by atoms with E-state index in [9.17, 15) is 9.59 Å². The summed E-state index contributed by atoms with van der Waals surface area (Å²) in [6.07, 6.45) is 2.55. The van der Waals surface area contributed by atoms with Crippen molar-refractivity contribution in [2.45, 2.75) is 45.3 Å². The molecule has 6 nitrogen and oxygen atoms in total. The van der Waals surface area contributed by atoms with E-state index in [1.807, 2.05) is 12.1 Å². The van der Waals surface area contributed by atoms with Crippen molar-refractivity contribution in [1.29, 1.82) is 0 Å². The molecule has 1 aromatic rings. The van der Waals surface area contributed by atoms with Crippen molar-refractivity contribution in [3.63, 3.8) is 0 Å². The molecule has 2 heterocycles. The lowest BCUT2D eigenvalue weighted by Gasteiger charge is -2.32. The number of hydrogen-bond donors (Lipinski definition) is 1. The van der Waals surface area contributed by atoms with E-state index in [-0.39, 0.29) is 5.91 Å². The second kappa shape index (κ2) is 6.80. The molecule has 1 aliphatic heterocycles. The van der Waals surface area contributed by atoms with Gasteiger partial charge in [0.25, 0.3) is 0 Å². The van der Waals surface area contributed by atoms with E-state index in [1.165, 1.54) is 0 Å². The highest BCUT2D eigenvalue weighted by Crippen LogP contribution is 2.21. The van der Waals surface area contributed by atoms with E-state index >= 15 is 0 Å². The van der Waals surface area contributed by atoms with Gasteiger partial charge in [0.15, 0.2) is 0 Å². The SMILES string of the molecule is CC(C)(C)OC(=O)NC1CCCN(c2ccc(I)nc2)C1=O. The maximum Gasteiger partial charge on any atom is 0.408 e. The number of anilines is 1. The molecule has 0 saturated carbocycles. The van der Waals surface area contributed by atoms with Crippen LogP contribution >= 0.6 is 22.6 Å². The summed E-state index contributed by atoms with van der Waals surface area (Å²) in [4.78, 5) is 30.2. The molecule has 0 radical (unpaired) electrons. The van der Waals surface area contributed by atoms with Crippen LogP contribution in [0.4, 0.5) is 10.5 Å². The van der Waals surface area contributed by atoms with Crippen molar-refractivity contribution < 1.29 is 14.3 Å². The number of pyridine rings is 1. The molecule has 120 valence electrons. The number of ether oxygens (including phenoxy) is 1. The zero-order chi connectivity index (χ0) is 16.3. The number of rotatable bonds is 2. The minimum absolute atomic E-state index is 0.125. The zero-order valence-corrected chi connectivity index (χ0v) is 15.1. The molecule has 1 saturated heterocycles. The summed E-state index contributed by atoms with van der Waals surface area (Å²) in [5.41, 5.74) is 0.169. The fourth-order valence-electron chi connectivity index (χ4n) is 2.24. The number of aromatic nitrogens is 1. The molecule has 0 aliphatic carbocycles. The Bertz CT molecular complexity index is 554. The third-order valence-corrected chi connectivity index (χ3v) is 3.79. The highest BCUT2D eigenvalue weighted by atomic mass is 127. The van der Waals surface area contributed by atoms with Crippen LogP contribution in [0.3, 0.4) is 0 Å². The average Bonchev–Trinajstić information content (AvgIpc) is 2.40. The lowest BCUT2D eigenvalue weighted by Crippen LogP contribution is -2.53. The molecule has 1 atom stereocenters. The van der Waals surface area contributed by atoms with Gasteiger partial charge in [0, 0.05) is 6.54 Å². The number of piperidine rings is 1. The van der Waals surface area contributed by atoms with Crippen molar-refractivity contribution in [1.82, 2.24) is 10.3 Å². The fourth-order valence-corrected chi connectivity index (χ4v) is 2.56. The molecular weight excluding hydrogens is 397 g/mol. The van der Waals surface area contributed by atoms with Crippen LogP contribution in [0.2, 0.25) is 0 Å². The van der Waals surface area contributed by atoms with Crippen LogP contribution in [0, 0.1) is 3.70 Å². The van der Waals surface area contributed by atoms with E-state index in [2.05, 4.69) is 32.9 Å². The molecule has 22 heavy (non-hydrogen) atoms. The molecule has 1 fully saturated rings. The van der Waals surface area contributed by atoms with Crippen LogP contribution in [-0.4, -0.2) is 35.2 Å². The average molecular weight is 417 g/mol. The first-order valence-corrected chi connectivity index (χ1v) is 8.26. The van der Waals surface area contributed by atoms with Gasteiger partial charge in [-0.3, -0.25) is 4.79 Å². The van der Waals surface area contributed by atoms with Crippen molar-refractivity contribution in [3.05, 3.63) is 22.0 Å². The second-order valence-electron chi connectivity index (χ2n) is 6.17. The van der Waals surface area contributed by atoms with Gasteiger partial charge in [-0.15, -0.1) is 0 Å². The molecule has 2 rings (SSSR count). The molecule has 2 amide bonds.